The van der Waals surface area contributed by atoms with Gasteiger partial charge in [0.15, 0.2) is 11.6 Å². The molecule has 47 valence electrons. The van der Waals surface area contributed by atoms with Gasteiger partial charge < -0.3 is 0 Å². The number of aliphatic imine (C=N–C) groups is 1. The second kappa shape index (κ2) is 2.01. The molecule has 0 bridgehead atoms. The molecule has 0 aliphatic carbocycles. The van der Waals surface area contributed by atoms with Gasteiger partial charge in [-0.3, -0.25) is 4.79 Å². The van der Waals surface area contributed by atoms with E-state index in [2.05, 4.69) is 10.3 Å². The van der Waals surface area contributed by atoms with E-state index in [9.17, 15) is 4.79 Å². The molecule has 1 aliphatic heterocycles. The molecule has 1 heterocycles. The summed E-state index contributed by atoms with van der Waals surface area (Å²) in [5.41, 5.74) is 0.792. The molecule has 9 heavy (non-hydrogen) atoms. The quantitative estimate of drug-likeness (QED) is 0.499. The number of carbonyl (C=O) groups excluding carboxylic acids is 1. The molecule has 3 nitrogen and oxygen atoms in total. The third-order valence-electron chi connectivity index (χ3n) is 0.971. The van der Waals surface area contributed by atoms with Crippen LogP contribution in [0.2, 0.25) is 0 Å². The molecule has 0 saturated carbocycles. The Morgan fingerprint density at radius 3 is 2.56 bits per heavy atom. The average Bonchev–Trinajstić information content (AvgIpc) is 2.14. The maximum atomic E-state index is 10.5. The second-order valence-electron chi connectivity index (χ2n) is 1.89. The van der Waals surface area contributed by atoms with E-state index in [1.54, 1.807) is 13.1 Å². The number of hydrogen-bond acceptors (Lipinski definition) is 2. The molecule has 0 spiro atoms. The van der Waals surface area contributed by atoms with Gasteiger partial charge in [-0.15, -0.1) is 0 Å². The molecule has 1 radical (unpaired) electrons. The van der Waals surface area contributed by atoms with Gasteiger partial charge in [0.2, 0.25) is 0 Å². The zero-order valence-electron chi connectivity index (χ0n) is 5.38. The zero-order chi connectivity index (χ0) is 6.85. The van der Waals surface area contributed by atoms with Gasteiger partial charge in [0, 0.05) is 6.92 Å². The number of allylic oxidation sites excluding steroid dienone is 1. The number of nitrogens with zero attached hydrogens (tertiary/aromatic N) is 2. The maximum Gasteiger partial charge on any atom is 0.196 e. The van der Waals surface area contributed by atoms with Crippen molar-refractivity contribution in [2.24, 2.45) is 4.99 Å². The minimum absolute atomic E-state index is 0.0805. The third-order valence-corrected chi connectivity index (χ3v) is 0.971. The highest BCUT2D eigenvalue weighted by molar-refractivity contribution is 6.38. The summed E-state index contributed by atoms with van der Waals surface area (Å²) in [6, 6.07) is 0. The molecule has 0 atom stereocenters. The van der Waals surface area contributed by atoms with Crippen molar-refractivity contribution in [3.05, 3.63) is 11.9 Å². The SMILES string of the molecule is CC(=O)C1=NC(C)=C[N]1. The number of Topliss-reactive ketones (excluding diaryl/α,β-unsaturated/α-hetero) is 1. The normalized spacial score (nSPS) is 16.2. The van der Waals surface area contributed by atoms with Gasteiger partial charge >= 0.3 is 0 Å². The fraction of sp³-hybridized carbons (Fsp3) is 0.333. The summed E-state index contributed by atoms with van der Waals surface area (Å²) in [5.74, 6) is 0.232. The molecule has 1 rings (SSSR count). The van der Waals surface area contributed by atoms with Crippen LogP contribution in [0, 0.1) is 0 Å². The van der Waals surface area contributed by atoms with E-state index in [1.807, 2.05) is 0 Å². The van der Waals surface area contributed by atoms with Crippen LogP contribution in [-0.4, -0.2) is 11.6 Å². The van der Waals surface area contributed by atoms with Crippen molar-refractivity contribution in [3.8, 4) is 0 Å². The fourth-order valence-corrected chi connectivity index (χ4v) is 0.549. The van der Waals surface area contributed by atoms with Gasteiger partial charge in [-0.1, -0.05) is 0 Å². The van der Waals surface area contributed by atoms with Gasteiger partial charge in [-0.2, -0.15) is 0 Å². The van der Waals surface area contributed by atoms with Crippen molar-refractivity contribution in [1.29, 1.82) is 0 Å². The molecule has 0 saturated heterocycles. The number of amidine groups is 1. The lowest BCUT2D eigenvalue weighted by Crippen LogP contribution is -2.15. The van der Waals surface area contributed by atoms with Gasteiger partial charge in [-0.05, 0) is 6.92 Å². The van der Waals surface area contributed by atoms with E-state index in [0.717, 1.165) is 5.70 Å². The second-order valence-corrected chi connectivity index (χ2v) is 1.89. The van der Waals surface area contributed by atoms with E-state index in [-0.39, 0.29) is 5.78 Å². The van der Waals surface area contributed by atoms with E-state index in [4.69, 9.17) is 0 Å². The summed E-state index contributed by atoms with van der Waals surface area (Å²) in [6.45, 7) is 3.26. The Labute approximate surface area is 53.5 Å². The molecule has 0 fully saturated rings. The summed E-state index contributed by atoms with van der Waals surface area (Å²) in [5, 5.41) is 3.75. The van der Waals surface area contributed by atoms with Crippen molar-refractivity contribution in [2.75, 3.05) is 0 Å². The lowest BCUT2D eigenvalue weighted by Gasteiger charge is -1.86. The van der Waals surface area contributed by atoms with Crippen LogP contribution >= 0.6 is 0 Å². The molecule has 0 aromatic rings. The molecular weight excluding hydrogens is 116 g/mol. The van der Waals surface area contributed by atoms with Gasteiger partial charge in [0.25, 0.3) is 0 Å². The van der Waals surface area contributed by atoms with Crippen molar-refractivity contribution in [1.82, 2.24) is 5.32 Å². The molecule has 0 aromatic heterocycles. The molecule has 0 N–H and O–H groups in total. The van der Waals surface area contributed by atoms with Crippen LogP contribution in [0.25, 0.3) is 0 Å². The third kappa shape index (κ3) is 1.16. The largest absolute Gasteiger partial charge is 0.291 e. The predicted octanol–water partition coefficient (Wildman–Crippen LogP) is 0.453. The van der Waals surface area contributed by atoms with E-state index < -0.39 is 0 Å². The number of carbonyl (C=O) groups is 1. The van der Waals surface area contributed by atoms with Crippen LogP contribution in [0.15, 0.2) is 16.9 Å². The number of rotatable bonds is 1. The summed E-state index contributed by atoms with van der Waals surface area (Å²) in [6.07, 6.45) is 1.58. The zero-order valence-corrected chi connectivity index (χ0v) is 5.38. The standard InChI is InChI=1S/C6H7N2O/c1-4-3-7-6(8-4)5(2)9/h3H,1-2H3. The lowest BCUT2D eigenvalue weighted by atomic mass is 10.4. The minimum Gasteiger partial charge on any atom is -0.291 e. The highest BCUT2D eigenvalue weighted by atomic mass is 16.1. The summed E-state index contributed by atoms with van der Waals surface area (Å²) < 4.78 is 0. The summed E-state index contributed by atoms with van der Waals surface area (Å²) >= 11 is 0. The Balaban J connectivity index is 2.71. The Bertz CT molecular complexity index is 203. The molecule has 0 unspecified atom stereocenters. The van der Waals surface area contributed by atoms with Crippen molar-refractivity contribution < 1.29 is 4.79 Å². The first-order valence-electron chi connectivity index (χ1n) is 2.67. The molecule has 3 heteroatoms. The van der Waals surface area contributed by atoms with Gasteiger partial charge in [0.1, 0.15) is 0 Å². The Morgan fingerprint density at radius 1 is 1.67 bits per heavy atom. The van der Waals surface area contributed by atoms with Crippen molar-refractivity contribution >= 4 is 11.6 Å². The minimum atomic E-state index is -0.0805. The predicted molar refractivity (Wildman–Crippen MR) is 34.0 cm³/mol. The van der Waals surface area contributed by atoms with Gasteiger partial charge in [0.05, 0.1) is 11.9 Å². The average molecular weight is 123 g/mol. The van der Waals surface area contributed by atoms with Crippen LogP contribution in [0.5, 0.6) is 0 Å². The van der Waals surface area contributed by atoms with Crippen molar-refractivity contribution in [2.45, 2.75) is 13.8 Å². The fourth-order valence-electron chi connectivity index (χ4n) is 0.549. The van der Waals surface area contributed by atoms with Crippen LogP contribution in [0.3, 0.4) is 0 Å². The monoisotopic (exact) mass is 123 g/mol. The maximum absolute atomic E-state index is 10.5. The summed E-state index contributed by atoms with van der Waals surface area (Å²) in [7, 11) is 0. The van der Waals surface area contributed by atoms with E-state index in [0.29, 0.717) is 5.84 Å². The number of ketones is 1. The first-order chi connectivity index (χ1) is 4.20. The smallest absolute Gasteiger partial charge is 0.196 e. The summed E-state index contributed by atoms with van der Waals surface area (Å²) in [4.78, 5) is 14.4. The first kappa shape index (κ1) is 6.01. The van der Waals surface area contributed by atoms with Crippen LogP contribution in [0.4, 0.5) is 0 Å². The van der Waals surface area contributed by atoms with Gasteiger partial charge in [-0.25, -0.2) is 10.3 Å². The molecule has 1 aliphatic rings. The number of hydrogen-bond donors (Lipinski definition) is 0. The molecule has 0 aromatic carbocycles. The Hall–Kier alpha value is -1.12. The highest BCUT2D eigenvalue weighted by Gasteiger charge is 2.09. The molecular formula is C6H7N2O. The highest BCUT2D eigenvalue weighted by Crippen LogP contribution is 2.01. The van der Waals surface area contributed by atoms with Crippen LogP contribution in [0.1, 0.15) is 13.8 Å². The molecule has 0 amide bonds. The van der Waals surface area contributed by atoms with Crippen LogP contribution < -0.4 is 5.32 Å². The van der Waals surface area contributed by atoms with Crippen molar-refractivity contribution in [3.63, 3.8) is 0 Å². The van der Waals surface area contributed by atoms with E-state index in [1.165, 1.54) is 6.92 Å². The van der Waals surface area contributed by atoms with E-state index >= 15 is 0 Å². The van der Waals surface area contributed by atoms with Crippen LogP contribution in [-0.2, 0) is 4.79 Å². The Kier molecular flexibility index (Phi) is 1.34. The topological polar surface area (TPSA) is 43.5 Å². The lowest BCUT2D eigenvalue weighted by molar-refractivity contribution is -0.111. The first-order valence-corrected chi connectivity index (χ1v) is 2.67. The Morgan fingerprint density at radius 2 is 2.33 bits per heavy atom.